The number of hydrogen-bond acceptors (Lipinski definition) is 6. The second-order valence-electron chi connectivity index (χ2n) is 11.6. The highest BCUT2D eigenvalue weighted by molar-refractivity contribution is 8.76. The highest BCUT2D eigenvalue weighted by Gasteiger charge is 2.11. The lowest BCUT2D eigenvalue weighted by molar-refractivity contribution is -0.699. The van der Waals surface area contributed by atoms with Crippen molar-refractivity contribution >= 4 is 57.6 Å². The lowest BCUT2D eigenvalue weighted by Crippen LogP contribution is -3.00. The van der Waals surface area contributed by atoms with Crippen LogP contribution in [0, 0.1) is 0 Å². The molecular formula is C41H49Cl2N3O4S2. The molecule has 11 heteroatoms. The van der Waals surface area contributed by atoms with Crippen molar-refractivity contribution < 1.29 is 53.0 Å². The number of aromatic nitrogens is 2. The summed E-state index contributed by atoms with van der Waals surface area (Å²) in [6, 6.07) is 28.1. The van der Waals surface area contributed by atoms with Crippen molar-refractivity contribution in [3.8, 4) is 11.5 Å². The summed E-state index contributed by atoms with van der Waals surface area (Å²) in [7, 11) is 6.88. The second-order valence-corrected chi connectivity index (χ2v) is 14.3. The number of pyridine rings is 2. The lowest BCUT2D eigenvalue weighted by atomic mass is 10.1. The van der Waals surface area contributed by atoms with Crippen molar-refractivity contribution in [1.82, 2.24) is 5.32 Å². The molecule has 0 radical (unpaired) electrons. The predicted molar refractivity (Wildman–Crippen MR) is 208 cm³/mol. The maximum absolute atomic E-state index is 12.5. The molecule has 0 saturated heterocycles. The number of Topliss-reactive ketones (excluding diaryl/α,β-unsaturated/α-hetero) is 1. The Labute approximate surface area is 329 Å². The Bertz CT molecular complexity index is 1600. The van der Waals surface area contributed by atoms with Gasteiger partial charge >= 0.3 is 0 Å². The predicted octanol–water partition coefficient (Wildman–Crippen LogP) is 1.74. The number of aryl methyl sites for hydroxylation is 2. The topological polar surface area (TPSA) is 72.4 Å². The number of carbonyl (C=O) groups excluding carboxylic acids is 2. The molecule has 0 atom stereocenters. The van der Waals surface area contributed by atoms with E-state index in [1.54, 1.807) is 35.8 Å². The minimum Gasteiger partial charge on any atom is -1.00 e. The maximum atomic E-state index is 12.5. The Morgan fingerprint density at radius 2 is 1.10 bits per heavy atom. The first-order valence-electron chi connectivity index (χ1n) is 17.2. The summed E-state index contributed by atoms with van der Waals surface area (Å²) < 4.78 is 15.3. The first-order valence-corrected chi connectivity index (χ1v) is 19.7. The van der Waals surface area contributed by atoms with Gasteiger partial charge in [0.05, 0.1) is 14.2 Å². The summed E-state index contributed by atoms with van der Waals surface area (Å²) in [6.07, 6.45) is 16.5. The number of ether oxygens (including phenoxy) is 2. The van der Waals surface area contributed by atoms with Crippen LogP contribution in [0.15, 0.2) is 97.3 Å². The zero-order chi connectivity index (χ0) is 35.2. The van der Waals surface area contributed by atoms with Gasteiger partial charge in [-0.15, -0.1) is 0 Å². The van der Waals surface area contributed by atoms with Gasteiger partial charge in [0.25, 0.3) is 0 Å². The Kier molecular flexibility index (Phi) is 22.3. The number of nitrogens with one attached hydrogen (secondary N) is 1. The molecule has 278 valence electrons. The monoisotopic (exact) mass is 781 g/mol. The molecule has 0 bridgehead atoms. The van der Waals surface area contributed by atoms with Crippen LogP contribution < -0.4 is 48.7 Å². The molecule has 0 unspecified atom stereocenters. The number of ketones is 1. The molecule has 0 aliphatic heterocycles. The molecular weight excluding hydrogens is 734 g/mol. The van der Waals surface area contributed by atoms with Crippen molar-refractivity contribution in [2.24, 2.45) is 0 Å². The first-order chi connectivity index (χ1) is 24.6. The summed E-state index contributed by atoms with van der Waals surface area (Å²) in [5.41, 5.74) is 4.21. The normalized spacial score (nSPS) is 10.8. The van der Waals surface area contributed by atoms with E-state index < -0.39 is 0 Å². The molecule has 0 saturated carbocycles. The summed E-state index contributed by atoms with van der Waals surface area (Å²) in [5, 5.41) is 3.04. The fraction of sp³-hybridized carbons (Fsp3) is 0.317. The Hall–Kier alpha value is -3.76. The van der Waals surface area contributed by atoms with Crippen LogP contribution in [-0.2, 0) is 22.7 Å². The van der Waals surface area contributed by atoms with Gasteiger partial charge < -0.3 is 39.6 Å². The van der Waals surface area contributed by atoms with Gasteiger partial charge in [0.1, 0.15) is 30.4 Å². The van der Waals surface area contributed by atoms with Gasteiger partial charge in [-0.3, -0.25) is 9.59 Å². The van der Waals surface area contributed by atoms with E-state index in [4.69, 9.17) is 9.47 Å². The molecule has 2 aromatic heterocycles. The van der Waals surface area contributed by atoms with Crippen molar-refractivity contribution in [3.63, 3.8) is 0 Å². The lowest BCUT2D eigenvalue weighted by Gasteiger charge is -2.06. The van der Waals surface area contributed by atoms with Gasteiger partial charge in [-0.05, 0) is 42.8 Å². The Morgan fingerprint density at radius 1 is 0.615 bits per heavy atom. The second kappa shape index (κ2) is 26.1. The number of nitrogens with zero attached hydrogens (tertiary/aromatic N) is 2. The number of benzene rings is 2. The number of hydrogen-bond donors (Lipinski definition) is 1. The molecule has 0 spiro atoms. The van der Waals surface area contributed by atoms with E-state index in [1.165, 1.54) is 0 Å². The van der Waals surface area contributed by atoms with Gasteiger partial charge in [-0.2, -0.15) is 9.13 Å². The SMILES string of the molecule is COc1ccccc1/C=C/c1cccc[n+]1CCCC(=O)CCCSSCCNC(=O)CCC[n+]1ccccc1/C=C/c1ccccc1OC.[Cl-].[Cl-]. The van der Waals surface area contributed by atoms with E-state index in [0.29, 0.717) is 31.6 Å². The van der Waals surface area contributed by atoms with Crippen LogP contribution in [0.3, 0.4) is 0 Å². The number of methoxy groups -OCH3 is 2. The molecule has 1 N–H and O–H groups in total. The van der Waals surface area contributed by atoms with Crippen LogP contribution in [0.1, 0.15) is 61.0 Å². The quantitative estimate of drug-likeness (QED) is 0.0746. The van der Waals surface area contributed by atoms with Crippen molar-refractivity contribution in [3.05, 3.63) is 120 Å². The number of halogens is 2. The van der Waals surface area contributed by atoms with E-state index in [9.17, 15) is 9.59 Å². The van der Waals surface area contributed by atoms with E-state index >= 15 is 0 Å². The van der Waals surface area contributed by atoms with Crippen LogP contribution in [0.25, 0.3) is 24.3 Å². The third kappa shape index (κ3) is 15.9. The molecule has 2 aromatic carbocycles. The third-order valence-electron chi connectivity index (χ3n) is 8.03. The molecule has 0 aliphatic rings. The highest BCUT2D eigenvalue weighted by atomic mass is 35.5. The van der Waals surface area contributed by atoms with E-state index in [-0.39, 0.29) is 30.7 Å². The maximum Gasteiger partial charge on any atom is 0.220 e. The standard InChI is InChI=1S/C41H48N3O4S2.2ClH/c1-47-39-20-5-3-14-34(39)23-25-36-16-7-9-28-43(36)30-11-18-38(45)19-13-32-49-50-33-27-42-41(46)22-12-31-44-29-10-8-17-37(44)26-24-35-15-4-6-21-40(35)48-2;;/h3-10,14-17,20-21,23-26,28-29H,11-13,18-19,22,27,30-33H2,1-2H3;2*1H/q+1;;/p-1/b25-23+,26-24+;;. The van der Waals surface area contributed by atoms with Crippen molar-refractivity contribution in [2.75, 3.05) is 32.3 Å². The highest BCUT2D eigenvalue weighted by Crippen LogP contribution is 2.23. The van der Waals surface area contributed by atoms with Gasteiger partial charge in [0.2, 0.25) is 17.3 Å². The van der Waals surface area contributed by atoms with Crippen LogP contribution in [0.4, 0.5) is 0 Å². The summed E-state index contributed by atoms with van der Waals surface area (Å²) in [6.45, 7) is 2.20. The number of rotatable bonds is 22. The molecule has 4 aromatic rings. The smallest absolute Gasteiger partial charge is 0.220 e. The van der Waals surface area contributed by atoms with Crippen LogP contribution in [-0.4, -0.2) is 44.0 Å². The zero-order valence-corrected chi connectivity index (χ0v) is 33.1. The molecule has 0 fully saturated rings. The van der Waals surface area contributed by atoms with Crippen molar-refractivity contribution in [2.45, 2.75) is 51.6 Å². The van der Waals surface area contributed by atoms with Crippen LogP contribution in [0.2, 0.25) is 0 Å². The minimum absolute atomic E-state index is 0. The average molecular weight is 783 g/mol. The Balaban J connectivity index is 0.00000468. The molecule has 0 aliphatic carbocycles. The van der Waals surface area contributed by atoms with Gasteiger partial charge in [-0.1, -0.05) is 58.0 Å². The zero-order valence-electron chi connectivity index (χ0n) is 29.9. The molecule has 4 rings (SSSR count). The fourth-order valence-corrected chi connectivity index (χ4v) is 7.39. The summed E-state index contributed by atoms with van der Waals surface area (Å²) >= 11 is 0. The summed E-state index contributed by atoms with van der Waals surface area (Å²) in [5.74, 6) is 3.85. The largest absolute Gasteiger partial charge is 1.00 e. The van der Waals surface area contributed by atoms with Gasteiger partial charge in [0, 0.05) is 97.7 Å². The number of para-hydroxylation sites is 2. The minimum atomic E-state index is 0. The van der Waals surface area contributed by atoms with E-state index in [1.807, 2.05) is 79.0 Å². The van der Waals surface area contributed by atoms with Gasteiger partial charge in [0.15, 0.2) is 12.4 Å². The van der Waals surface area contributed by atoms with Crippen LogP contribution >= 0.6 is 21.6 Å². The Morgan fingerprint density at radius 3 is 1.65 bits per heavy atom. The van der Waals surface area contributed by atoms with Crippen LogP contribution in [0.5, 0.6) is 11.5 Å². The summed E-state index contributed by atoms with van der Waals surface area (Å²) in [4.78, 5) is 24.9. The van der Waals surface area contributed by atoms with E-state index in [0.717, 1.165) is 77.9 Å². The first kappa shape index (κ1) is 44.4. The molecule has 52 heavy (non-hydrogen) atoms. The number of carbonyl (C=O) groups is 2. The third-order valence-corrected chi connectivity index (χ3v) is 10.5. The average Bonchev–Trinajstić information content (AvgIpc) is 3.15. The fourth-order valence-electron chi connectivity index (χ4n) is 5.40. The number of amides is 1. The van der Waals surface area contributed by atoms with E-state index in [2.05, 4.69) is 57.1 Å². The van der Waals surface area contributed by atoms with Gasteiger partial charge in [-0.25, -0.2) is 0 Å². The molecule has 2 heterocycles. The molecule has 1 amide bonds. The molecule has 7 nitrogen and oxygen atoms in total. The van der Waals surface area contributed by atoms with Crippen molar-refractivity contribution in [1.29, 1.82) is 0 Å².